The van der Waals surface area contributed by atoms with Crippen LogP contribution in [0.2, 0.25) is 0 Å². The largest absolute Gasteiger partial charge is 0.394 e. The number of aliphatic hydroxyl groups is 1. The quantitative estimate of drug-likeness (QED) is 0.646. The summed E-state index contributed by atoms with van der Waals surface area (Å²) in [6, 6.07) is 0. The van der Waals surface area contributed by atoms with E-state index in [1.807, 2.05) is 0 Å². The van der Waals surface area contributed by atoms with Crippen LogP contribution >= 0.6 is 0 Å². The normalized spacial score (nSPS) is 21.9. The number of anilines is 3. The summed E-state index contributed by atoms with van der Waals surface area (Å²) in [5.74, 6) is 5.05. The molecule has 0 bridgehead atoms. The van der Waals surface area contributed by atoms with Gasteiger partial charge in [-0.15, -0.1) is 6.42 Å². The second-order valence-corrected chi connectivity index (χ2v) is 9.76. The van der Waals surface area contributed by atoms with Gasteiger partial charge in [0.15, 0.2) is 0 Å². The fourth-order valence-electron chi connectivity index (χ4n) is 4.25. The van der Waals surface area contributed by atoms with Gasteiger partial charge in [-0.25, -0.2) is 15.0 Å². The number of hydrogen-bond donors (Lipinski definition) is 2. The summed E-state index contributed by atoms with van der Waals surface area (Å²) in [5.41, 5.74) is 1.17. The number of nitrogens with zero attached hydrogens (tertiary/aromatic N) is 6. The van der Waals surface area contributed by atoms with Crippen molar-refractivity contribution in [3.8, 4) is 12.3 Å². The minimum absolute atomic E-state index is 0.0465. The van der Waals surface area contributed by atoms with Crippen LogP contribution in [-0.2, 0) is 17.2 Å². The zero-order valence-electron chi connectivity index (χ0n) is 17.3. The number of aliphatic hydroxyl groups excluding tert-OH is 1. The van der Waals surface area contributed by atoms with Crippen LogP contribution in [0.25, 0.3) is 0 Å². The number of piperazine rings is 1. The molecule has 1 unspecified atom stereocenters. The molecule has 0 radical (unpaired) electrons. The van der Waals surface area contributed by atoms with Crippen LogP contribution in [0.15, 0.2) is 17.3 Å². The molecule has 162 valence electrons. The molecular weight excluding hydrogens is 414 g/mol. The van der Waals surface area contributed by atoms with Crippen LogP contribution in [-0.4, -0.2) is 73.3 Å². The summed E-state index contributed by atoms with van der Waals surface area (Å²) >= 11 is 0. The minimum Gasteiger partial charge on any atom is -0.394 e. The lowest BCUT2D eigenvalue weighted by molar-refractivity contribution is 0.143. The van der Waals surface area contributed by atoms with E-state index < -0.39 is 10.8 Å². The molecule has 0 aromatic carbocycles. The topological polar surface area (TPSA) is 107 Å². The van der Waals surface area contributed by atoms with Crippen molar-refractivity contribution in [2.24, 2.45) is 0 Å². The lowest BCUT2D eigenvalue weighted by Gasteiger charge is -2.42. The molecule has 0 spiro atoms. The van der Waals surface area contributed by atoms with Crippen molar-refractivity contribution in [3.63, 3.8) is 0 Å². The first-order valence-corrected chi connectivity index (χ1v) is 11.9. The molecule has 4 heterocycles. The van der Waals surface area contributed by atoms with E-state index >= 15 is 0 Å². The Morgan fingerprint density at radius 1 is 1.13 bits per heavy atom. The maximum atomic E-state index is 12.6. The van der Waals surface area contributed by atoms with Crippen LogP contribution in [0.3, 0.4) is 0 Å². The van der Waals surface area contributed by atoms with E-state index in [1.165, 1.54) is 0 Å². The number of aromatic nitrogens is 4. The van der Waals surface area contributed by atoms with Gasteiger partial charge in [0.2, 0.25) is 11.9 Å². The number of rotatable bonds is 5. The minimum atomic E-state index is -1.10. The molecular formula is C21H25N7O2S. The van der Waals surface area contributed by atoms with Gasteiger partial charge >= 0.3 is 0 Å². The Bertz CT molecular complexity index is 1040. The van der Waals surface area contributed by atoms with Crippen molar-refractivity contribution in [1.29, 1.82) is 0 Å². The molecule has 9 nitrogen and oxygen atoms in total. The van der Waals surface area contributed by atoms with Crippen molar-refractivity contribution in [2.75, 3.05) is 53.7 Å². The number of aryl methyl sites for hydroxylation is 1. The lowest BCUT2D eigenvalue weighted by Crippen LogP contribution is -2.49. The molecule has 3 aliphatic rings. The van der Waals surface area contributed by atoms with E-state index in [1.54, 1.807) is 12.4 Å². The molecule has 2 aromatic heterocycles. The lowest BCUT2D eigenvalue weighted by atomic mass is 9.77. The van der Waals surface area contributed by atoms with Crippen LogP contribution < -0.4 is 15.1 Å². The van der Waals surface area contributed by atoms with Gasteiger partial charge in [-0.05, 0) is 19.3 Å². The molecule has 5 rings (SSSR count). The first-order valence-electron chi connectivity index (χ1n) is 10.6. The molecule has 0 amide bonds. The Hall–Kier alpha value is -2.77. The van der Waals surface area contributed by atoms with Gasteiger partial charge in [-0.2, -0.15) is 4.98 Å². The number of fused-ring (bicyclic) bond motifs is 1. The van der Waals surface area contributed by atoms with E-state index in [4.69, 9.17) is 16.4 Å². The Kier molecular flexibility index (Phi) is 5.24. The number of terminal acetylenes is 1. The second-order valence-electron chi connectivity index (χ2n) is 8.25. The van der Waals surface area contributed by atoms with E-state index in [-0.39, 0.29) is 12.1 Å². The summed E-state index contributed by atoms with van der Waals surface area (Å²) in [6.45, 7) is 2.99. The molecule has 1 saturated heterocycles. The SMILES string of the molecule is C#Cc1cnc(N2CCN(c3nc4c(c(NC5(CO)CCC5)n3)S(=O)CC4)CC2)nc1. The van der Waals surface area contributed by atoms with Crippen LogP contribution in [0.1, 0.15) is 30.5 Å². The highest BCUT2D eigenvalue weighted by Crippen LogP contribution is 2.38. The zero-order valence-corrected chi connectivity index (χ0v) is 18.1. The van der Waals surface area contributed by atoms with Gasteiger partial charge in [-0.3, -0.25) is 4.21 Å². The molecule has 2 aromatic rings. The van der Waals surface area contributed by atoms with Gasteiger partial charge in [0.25, 0.3) is 0 Å². The maximum absolute atomic E-state index is 12.6. The fourth-order valence-corrected chi connectivity index (χ4v) is 5.56. The van der Waals surface area contributed by atoms with Crippen molar-refractivity contribution in [1.82, 2.24) is 19.9 Å². The van der Waals surface area contributed by atoms with Gasteiger partial charge in [-0.1, -0.05) is 5.92 Å². The predicted molar refractivity (Wildman–Crippen MR) is 119 cm³/mol. The Labute approximate surface area is 183 Å². The molecule has 1 aliphatic carbocycles. The Morgan fingerprint density at radius 2 is 1.81 bits per heavy atom. The van der Waals surface area contributed by atoms with Gasteiger partial charge in [0.1, 0.15) is 10.7 Å². The highest BCUT2D eigenvalue weighted by molar-refractivity contribution is 7.85. The summed E-state index contributed by atoms with van der Waals surface area (Å²) in [6.07, 6.45) is 12.2. The average Bonchev–Trinajstić information content (AvgIpc) is 3.17. The summed E-state index contributed by atoms with van der Waals surface area (Å²) in [7, 11) is -1.10. The van der Waals surface area contributed by atoms with Crippen molar-refractivity contribution in [3.05, 3.63) is 23.7 Å². The highest BCUT2D eigenvalue weighted by Gasteiger charge is 2.39. The zero-order chi connectivity index (χ0) is 21.4. The Morgan fingerprint density at radius 3 is 2.39 bits per heavy atom. The standard InChI is InChI=1S/C21H25N7O2S/c1-2-15-12-22-19(23-13-15)27-7-9-28(10-8-27)20-24-16-4-11-31(30)17(16)18(25-20)26-21(14-29)5-3-6-21/h1,12-13,29H,3-11,14H2,(H,24,25,26). The molecule has 31 heavy (non-hydrogen) atoms. The number of nitrogens with one attached hydrogen (secondary N) is 1. The average molecular weight is 440 g/mol. The van der Waals surface area contributed by atoms with Crippen molar-refractivity contribution >= 4 is 28.5 Å². The van der Waals surface area contributed by atoms with Gasteiger partial charge in [0, 0.05) is 50.7 Å². The number of hydrogen-bond acceptors (Lipinski definition) is 9. The van der Waals surface area contributed by atoms with Crippen molar-refractivity contribution in [2.45, 2.75) is 36.1 Å². The third kappa shape index (κ3) is 3.72. The molecule has 10 heteroatoms. The first-order chi connectivity index (χ1) is 15.1. The van der Waals surface area contributed by atoms with E-state index in [0.717, 1.165) is 51.1 Å². The van der Waals surface area contributed by atoms with Gasteiger partial charge < -0.3 is 20.2 Å². The first kappa shape index (κ1) is 20.2. The fraction of sp³-hybridized carbons (Fsp3) is 0.524. The maximum Gasteiger partial charge on any atom is 0.227 e. The molecule has 2 aliphatic heterocycles. The summed E-state index contributed by atoms with van der Waals surface area (Å²) < 4.78 is 12.6. The van der Waals surface area contributed by atoms with E-state index in [2.05, 4.69) is 31.0 Å². The monoisotopic (exact) mass is 439 g/mol. The van der Waals surface area contributed by atoms with Crippen LogP contribution in [0.4, 0.5) is 17.7 Å². The molecule has 2 fully saturated rings. The highest BCUT2D eigenvalue weighted by atomic mass is 32.2. The second kappa shape index (κ2) is 8.05. The summed E-state index contributed by atoms with van der Waals surface area (Å²) in [5, 5.41) is 13.3. The molecule has 1 atom stereocenters. The van der Waals surface area contributed by atoms with E-state index in [9.17, 15) is 9.32 Å². The third-order valence-electron chi connectivity index (χ3n) is 6.32. The predicted octanol–water partition coefficient (Wildman–Crippen LogP) is 0.565. The summed E-state index contributed by atoms with van der Waals surface area (Å²) in [4.78, 5) is 23.2. The molecule has 2 N–H and O–H groups in total. The Balaban J connectivity index is 1.35. The third-order valence-corrected chi connectivity index (χ3v) is 7.78. The smallest absolute Gasteiger partial charge is 0.227 e. The van der Waals surface area contributed by atoms with Crippen LogP contribution in [0, 0.1) is 12.3 Å². The van der Waals surface area contributed by atoms with Crippen LogP contribution in [0.5, 0.6) is 0 Å². The van der Waals surface area contributed by atoms with Gasteiger partial charge in [0.05, 0.1) is 34.2 Å². The van der Waals surface area contributed by atoms with Crippen molar-refractivity contribution < 1.29 is 9.32 Å². The molecule has 1 saturated carbocycles. The van der Waals surface area contributed by atoms with E-state index in [0.29, 0.717) is 40.3 Å².